The van der Waals surface area contributed by atoms with Crippen molar-refractivity contribution in [1.82, 2.24) is 0 Å². The van der Waals surface area contributed by atoms with Crippen LogP contribution in [0, 0.1) is 98.2 Å². The number of aromatic hydroxyl groups is 2. The van der Waals surface area contributed by atoms with Crippen LogP contribution in [0.2, 0.25) is 0 Å². The van der Waals surface area contributed by atoms with Crippen molar-refractivity contribution in [3.8, 4) is 109 Å². The Morgan fingerprint density at radius 2 is 0.546 bits per heavy atom. The highest BCUT2D eigenvalue weighted by molar-refractivity contribution is 9.24. The van der Waals surface area contributed by atoms with E-state index in [9.17, 15) is 5.11 Å². The summed E-state index contributed by atoms with van der Waals surface area (Å²) in [6.07, 6.45) is 0. The molecule has 0 aliphatic rings. The van der Waals surface area contributed by atoms with Crippen molar-refractivity contribution in [3.63, 3.8) is 0 Å². The van der Waals surface area contributed by atoms with Crippen LogP contribution in [0.5, 0.6) is 34.5 Å². The van der Waals surface area contributed by atoms with Gasteiger partial charge in [0.1, 0.15) is 47.7 Å². The number of halogens is 5. The number of hydrogen-bond acceptors (Lipinski definition) is 13. The van der Waals surface area contributed by atoms with Gasteiger partial charge in [0, 0.05) is 14.3 Å². The molecule has 0 atom stereocenters. The van der Waals surface area contributed by atoms with Gasteiger partial charge in [-0.25, -0.2) is 0 Å². The first-order valence-electron chi connectivity index (χ1n) is 37.1. The Bertz CT molecular complexity index is 5620. The van der Waals surface area contributed by atoms with E-state index in [1.807, 2.05) is 246 Å². The third-order valence-electron chi connectivity index (χ3n) is 17.7. The molecule has 119 heavy (non-hydrogen) atoms. The van der Waals surface area contributed by atoms with Gasteiger partial charge < -0.3 is 39.2 Å². The average molecular weight is 1900 g/mol. The van der Waals surface area contributed by atoms with E-state index >= 15 is 0 Å². The molecular formula is C100H85BBr5N5O8. The summed E-state index contributed by atoms with van der Waals surface area (Å²) < 4.78 is 26.2. The molecule has 0 saturated carbocycles. The lowest BCUT2D eigenvalue weighted by molar-refractivity contribution is 0.120. The molecule has 0 unspecified atom stereocenters. The molecule has 0 aliphatic carbocycles. The van der Waals surface area contributed by atoms with Gasteiger partial charge in [0.05, 0.1) is 62.4 Å². The summed E-state index contributed by atoms with van der Waals surface area (Å²) in [7, 11) is -1.46. The molecular weight excluding hydrogens is 1810 g/mol. The van der Waals surface area contributed by atoms with Crippen molar-refractivity contribution >= 4 is 92.2 Å². The maximum atomic E-state index is 9.32. The maximum absolute atomic E-state index is 9.32. The molecule has 0 saturated heterocycles. The predicted octanol–water partition coefficient (Wildman–Crippen LogP) is 25.5. The van der Waals surface area contributed by atoms with Crippen LogP contribution in [0.15, 0.2) is 330 Å². The van der Waals surface area contributed by atoms with Crippen molar-refractivity contribution < 1.29 is 39.2 Å². The third kappa shape index (κ3) is 32.3. The molecule has 13 nitrogen and oxygen atoms in total. The van der Waals surface area contributed by atoms with E-state index in [1.54, 1.807) is 36.4 Å². The second kappa shape index (κ2) is 51.0. The monoisotopic (exact) mass is 1890 g/mol. The zero-order chi connectivity index (χ0) is 85.9. The number of phenols is 2. The van der Waals surface area contributed by atoms with Gasteiger partial charge in [-0.1, -0.05) is 256 Å². The fraction of sp³-hybridized carbons (Fsp3) is 0.110. The van der Waals surface area contributed by atoms with Crippen LogP contribution in [-0.2, 0) is 18.5 Å². The molecule has 19 heteroatoms. The molecule has 14 aromatic carbocycles. The molecule has 0 amide bonds. The molecule has 0 heterocycles. The van der Waals surface area contributed by atoms with Crippen LogP contribution >= 0.6 is 79.6 Å². The van der Waals surface area contributed by atoms with Gasteiger partial charge in [0.25, 0.3) is 0 Å². The largest absolute Gasteiger partial charge is 0.508 e. The number of phenolic OH excluding ortho intramolecular Hbond substituents is 2. The normalized spacial score (nSPS) is 9.75. The van der Waals surface area contributed by atoms with E-state index < -0.39 is 7.12 Å². The molecule has 14 aromatic rings. The minimum atomic E-state index is -1.46. The first-order valence-corrected chi connectivity index (χ1v) is 42.0. The van der Waals surface area contributed by atoms with E-state index in [0.717, 1.165) is 119 Å². The molecule has 0 spiro atoms. The lowest BCUT2D eigenvalue weighted by Gasteiger charge is -2.13. The van der Waals surface area contributed by atoms with Gasteiger partial charge in [-0.15, -0.1) is 0 Å². The Hall–Kier alpha value is -12.3. The van der Waals surface area contributed by atoms with Gasteiger partial charge in [-0.05, 0) is 287 Å². The second-order valence-corrected chi connectivity index (χ2v) is 31.2. The van der Waals surface area contributed by atoms with Gasteiger partial charge >= 0.3 is 7.12 Å². The van der Waals surface area contributed by atoms with Crippen molar-refractivity contribution in [3.05, 3.63) is 408 Å². The average Bonchev–Trinajstić information content (AvgIpc) is 0.844. The fourth-order valence-electron chi connectivity index (χ4n) is 11.3. The number of alkyl halides is 3. The Kier molecular flexibility index (Phi) is 40.3. The summed E-state index contributed by atoms with van der Waals surface area (Å²) >= 11 is 16.3. The minimum Gasteiger partial charge on any atom is -0.508 e. The van der Waals surface area contributed by atoms with E-state index in [-0.39, 0.29) is 12.5 Å². The first-order chi connectivity index (χ1) is 57.6. The number of benzene rings is 14. The van der Waals surface area contributed by atoms with Crippen LogP contribution in [0.4, 0.5) is 0 Å². The topological polar surface area (TPSA) is 237 Å². The highest BCUT2D eigenvalue weighted by Crippen LogP contribution is 2.33. The SMILES string of the molecule is BrCBr.BrCc1ccccc1.Cc1cc(O)ccc1-c1ccc(C#N)cc1.Cc1cc(O)ccc1Br.Cc1cc(OCOc2ccc(-c3ccc(C#N)cc3)c(C)c2)ccc1-c1ccc(C#N)cc1.Cc1cc(OCc2ccccc2)ccc1-c1ccc(C#N)cc1.Cc1cc(OCc2ccccc2)ccc1Br.N#Cc1ccc(B(O)O)cc1. The van der Waals surface area contributed by atoms with Crippen LogP contribution in [-0.4, -0.2) is 38.4 Å². The lowest BCUT2D eigenvalue weighted by Crippen LogP contribution is -2.29. The number of rotatable bonds is 16. The number of nitriles is 5. The number of nitrogens with zero attached hydrogens (tertiary/aromatic N) is 5. The molecule has 0 aromatic heterocycles. The van der Waals surface area contributed by atoms with Gasteiger partial charge in [-0.3, -0.25) is 0 Å². The number of hydrogen-bond donors (Lipinski definition) is 4. The summed E-state index contributed by atoms with van der Waals surface area (Å²) in [6, 6.07) is 112. The summed E-state index contributed by atoms with van der Waals surface area (Å²) in [4.78, 5) is 0. The van der Waals surface area contributed by atoms with Crippen molar-refractivity contribution in [1.29, 1.82) is 26.3 Å². The number of aryl methyl sites for hydroxylation is 6. The molecule has 0 bridgehead atoms. The molecule has 4 N–H and O–H groups in total. The lowest BCUT2D eigenvalue weighted by atomic mass is 9.80. The van der Waals surface area contributed by atoms with Gasteiger partial charge in [0.15, 0.2) is 0 Å². The quantitative estimate of drug-likeness (QED) is 0.0401. The van der Waals surface area contributed by atoms with E-state index in [1.165, 1.54) is 41.0 Å². The Balaban J connectivity index is 0.000000200. The van der Waals surface area contributed by atoms with Crippen LogP contribution in [0.3, 0.4) is 0 Å². The maximum Gasteiger partial charge on any atom is 0.488 e. The minimum absolute atomic E-state index is 0.102. The van der Waals surface area contributed by atoms with E-state index in [2.05, 4.69) is 166 Å². The summed E-state index contributed by atoms with van der Waals surface area (Å²) in [6.45, 7) is 13.4. The Labute approximate surface area is 740 Å². The fourth-order valence-corrected chi connectivity index (χ4v) is 12.2. The number of ether oxygens (including phenoxy) is 4. The van der Waals surface area contributed by atoms with Crippen molar-refractivity contribution in [2.24, 2.45) is 0 Å². The highest BCUT2D eigenvalue weighted by Gasteiger charge is 2.12. The molecule has 0 aliphatic heterocycles. The second-order valence-electron chi connectivity index (χ2n) is 26.3. The summed E-state index contributed by atoms with van der Waals surface area (Å²) in [5.74, 6) is 3.82. The van der Waals surface area contributed by atoms with Crippen LogP contribution in [0.1, 0.15) is 77.9 Å². The van der Waals surface area contributed by atoms with Crippen molar-refractivity contribution in [2.75, 3.05) is 11.0 Å². The smallest absolute Gasteiger partial charge is 0.488 e. The standard InChI is InChI=1S/C29H22N2O2.C21H17NO.C14H13BrO.C14H11NO.C7H6BNO2.C7H7BrO.C7H7Br.CH2Br2/c1-20-15-26(11-13-28(20)24-7-3-22(17-30)4-8-24)32-19-33-27-12-14-29(21(2)16-27)25-9-5-23(18-31)6-10-25;1-16-13-20(23-15-18-5-3-2-4-6-18)11-12-21(16)19-9-7-17(14-22)8-10-19;1-11-9-13(7-8-14(11)15)16-10-12-5-3-2-4-6-12;1-10-8-13(16)6-7-14(10)12-4-2-11(9-15)3-5-12;9-5-6-1-3-7(4-2-6)8(10)11;1-5-4-6(9)2-3-7(5)8;8-6-7-4-2-1-3-5-7;2-1-3/h3-16H,19H2,1-2H3;2-13H,15H2,1H3;2-9H,10H2,1H3;2-8,16H,1H3;1-4,10-11H;2-4,9H,1H3;1-5H,6H2;1H2. The van der Waals surface area contributed by atoms with Gasteiger partial charge in [0.2, 0.25) is 6.79 Å². The molecule has 0 fully saturated rings. The molecule has 596 valence electrons. The Morgan fingerprint density at radius 3 is 0.815 bits per heavy atom. The highest BCUT2D eigenvalue weighted by atomic mass is 79.9. The Morgan fingerprint density at radius 1 is 0.294 bits per heavy atom. The van der Waals surface area contributed by atoms with E-state index in [4.69, 9.17) is 60.4 Å². The first kappa shape index (κ1) is 93.9. The van der Waals surface area contributed by atoms with Crippen LogP contribution in [0.25, 0.3) is 44.5 Å². The molecule has 0 radical (unpaired) electrons. The predicted molar refractivity (Wildman–Crippen MR) is 497 cm³/mol. The van der Waals surface area contributed by atoms with Crippen molar-refractivity contribution in [2.45, 2.75) is 60.1 Å². The van der Waals surface area contributed by atoms with Gasteiger partial charge in [-0.2, -0.15) is 26.3 Å². The molecule has 14 rings (SSSR count). The summed E-state index contributed by atoms with van der Waals surface area (Å²) in [5.41, 5.74) is 22.5. The summed E-state index contributed by atoms with van der Waals surface area (Å²) in [5, 5.41) is 80.4. The van der Waals surface area contributed by atoms with Crippen LogP contribution < -0.4 is 24.4 Å². The van der Waals surface area contributed by atoms with E-state index in [0.29, 0.717) is 52.2 Å². The zero-order valence-electron chi connectivity index (χ0n) is 66.3. The zero-order valence-corrected chi connectivity index (χ0v) is 74.2. The third-order valence-corrected chi connectivity index (χ3v) is 20.1.